The molecule has 0 aliphatic heterocycles. The lowest BCUT2D eigenvalue weighted by molar-refractivity contribution is -0.138. The molecule has 1 aliphatic carbocycles. The Kier molecular flexibility index (Phi) is 5.48. The van der Waals surface area contributed by atoms with Crippen LogP contribution in [0.25, 0.3) is 0 Å². The van der Waals surface area contributed by atoms with Gasteiger partial charge in [0.1, 0.15) is 5.82 Å². The van der Waals surface area contributed by atoms with Gasteiger partial charge in [0.2, 0.25) is 5.91 Å². The quantitative estimate of drug-likeness (QED) is 0.806. The van der Waals surface area contributed by atoms with Gasteiger partial charge in [0.05, 0.1) is 17.1 Å². The molecule has 2 aromatic rings. The maximum Gasteiger partial charge on any atom is 0.416 e. The van der Waals surface area contributed by atoms with Gasteiger partial charge in [0.25, 0.3) is 0 Å². The summed E-state index contributed by atoms with van der Waals surface area (Å²) in [5.74, 6) is 0.0297. The second-order valence-electron chi connectivity index (χ2n) is 6.20. The van der Waals surface area contributed by atoms with Gasteiger partial charge in [-0.2, -0.15) is 13.2 Å². The van der Waals surface area contributed by atoms with Crippen molar-refractivity contribution in [2.45, 2.75) is 31.6 Å². The lowest BCUT2D eigenvalue weighted by atomic mass is 10.1. The molecule has 4 nitrogen and oxygen atoms in total. The van der Waals surface area contributed by atoms with Gasteiger partial charge in [-0.1, -0.05) is 29.8 Å². The summed E-state index contributed by atoms with van der Waals surface area (Å²) >= 11 is 5.75. The molecule has 3 rings (SSSR count). The molecule has 8 heteroatoms. The van der Waals surface area contributed by atoms with Crippen molar-refractivity contribution in [3.8, 4) is 0 Å². The van der Waals surface area contributed by atoms with Crippen molar-refractivity contribution < 1.29 is 18.0 Å². The van der Waals surface area contributed by atoms with Gasteiger partial charge in [-0.3, -0.25) is 9.69 Å². The number of halogens is 4. The molecule has 0 radical (unpaired) electrons. The van der Waals surface area contributed by atoms with E-state index >= 15 is 0 Å². The van der Waals surface area contributed by atoms with Crippen LogP contribution in [-0.2, 0) is 17.5 Å². The van der Waals surface area contributed by atoms with E-state index in [4.69, 9.17) is 11.6 Å². The number of pyridine rings is 1. The summed E-state index contributed by atoms with van der Waals surface area (Å²) in [6, 6.07) is 8.76. The first-order valence-electron chi connectivity index (χ1n) is 8.13. The van der Waals surface area contributed by atoms with Gasteiger partial charge >= 0.3 is 6.18 Å². The van der Waals surface area contributed by atoms with Crippen molar-refractivity contribution in [3.63, 3.8) is 0 Å². The monoisotopic (exact) mass is 383 g/mol. The fourth-order valence-electron chi connectivity index (χ4n) is 2.72. The Labute approximate surface area is 154 Å². The highest BCUT2D eigenvalue weighted by molar-refractivity contribution is 6.30. The maximum atomic E-state index is 13.2. The van der Waals surface area contributed by atoms with E-state index in [9.17, 15) is 18.0 Å². The van der Waals surface area contributed by atoms with Crippen LogP contribution in [0.3, 0.4) is 0 Å². The van der Waals surface area contributed by atoms with Crippen molar-refractivity contribution in [1.29, 1.82) is 0 Å². The van der Waals surface area contributed by atoms with E-state index in [0.717, 1.165) is 18.9 Å². The van der Waals surface area contributed by atoms with Gasteiger partial charge in [-0.25, -0.2) is 4.98 Å². The van der Waals surface area contributed by atoms with Crippen LogP contribution in [0.5, 0.6) is 0 Å². The van der Waals surface area contributed by atoms with E-state index in [0.29, 0.717) is 10.8 Å². The number of carbonyl (C=O) groups excluding carboxylic acids is 1. The number of nitrogens with zero attached hydrogens (tertiary/aromatic N) is 2. The molecular formula is C18H17ClF3N3O. The fourth-order valence-corrected chi connectivity index (χ4v) is 2.84. The summed E-state index contributed by atoms with van der Waals surface area (Å²) in [7, 11) is 0. The van der Waals surface area contributed by atoms with E-state index in [1.54, 1.807) is 23.1 Å². The molecule has 0 bridgehead atoms. The Morgan fingerprint density at radius 2 is 1.96 bits per heavy atom. The lowest BCUT2D eigenvalue weighted by Gasteiger charge is -2.23. The molecule has 1 aromatic heterocycles. The standard InChI is InChI=1S/C18H17ClF3N3O/c19-13-5-8-16(23-9-13)24-17(26)11-25(14-6-7-14)10-12-3-1-2-4-15(12)18(20,21)22/h1-5,8-9,14H,6-7,10-11H2,(H,23,24,26). The summed E-state index contributed by atoms with van der Waals surface area (Å²) in [6.07, 6.45) is -1.25. The number of rotatable bonds is 6. The Hall–Kier alpha value is -2.12. The van der Waals surface area contributed by atoms with Crippen LogP contribution in [-0.4, -0.2) is 28.4 Å². The number of nitrogens with one attached hydrogen (secondary N) is 1. The molecule has 1 amide bonds. The summed E-state index contributed by atoms with van der Waals surface area (Å²) in [4.78, 5) is 18.0. The molecule has 1 aliphatic rings. The minimum atomic E-state index is -4.42. The van der Waals surface area contributed by atoms with Crippen molar-refractivity contribution >= 4 is 23.3 Å². The van der Waals surface area contributed by atoms with Crippen LogP contribution in [0, 0.1) is 0 Å². The summed E-state index contributed by atoms with van der Waals surface area (Å²) in [5, 5.41) is 3.09. The molecule has 1 fully saturated rings. The van der Waals surface area contributed by atoms with Gasteiger partial charge in [-0.05, 0) is 36.6 Å². The smallest absolute Gasteiger partial charge is 0.310 e. The zero-order valence-electron chi connectivity index (χ0n) is 13.8. The van der Waals surface area contributed by atoms with Crippen LogP contribution in [0.4, 0.5) is 19.0 Å². The van der Waals surface area contributed by atoms with Gasteiger partial charge in [0.15, 0.2) is 0 Å². The number of aromatic nitrogens is 1. The largest absolute Gasteiger partial charge is 0.416 e. The summed E-state index contributed by atoms with van der Waals surface area (Å²) in [5.41, 5.74) is -0.491. The van der Waals surface area contributed by atoms with Crippen molar-refractivity contribution in [3.05, 3.63) is 58.7 Å². The zero-order valence-corrected chi connectivity index (χ0v) is 14.5. The Balaban J connectivity index is 1.69. The third-order valence-electron chi connectivity index (χ3n) is 4.10. The summed E-state index contributed by atoms with van der Waals surface area (Å²) < 4.78 is 39.5. The third kappa shape index (κ3) is 4.95. The maximum absolute atomic E-state index is 13.2. The molecule has 138 valence electrons. The molecule has 0 saturated heterocycles. The molecule has 1 N–H and O–H groups in total. The Morgan fingerprint density at radius 3 is 2.58 bits per heavy atom. The van der Waals surface area contributed by atoms with Crippen LogP contribution >= 0.6 is 11.6 Å². The minimum Gasteiger partial charge on any atom is -0.310 e. The predicted octanol–water partition coefficient (Wildman–Crippen LogP) is 4.36. The topological polar surface area (TPSA) is 45.2 Å². The zero-order chi connectivity index (χ0) is 18.7. The van der Waals surface area contributed by atoms with E-state index in [1.807, 2.05) is 0 Å². The number of anilines is 1. The summed E-state index contributed by atoms with van der Waals surface area (Å²) in [6.45, 7) is 0.0724. The number of hydrogen-bond acceptors (Lipinski definition) is 3. The van der Waals surface area contributed by atoms with E-state index in [1.165, 1.54) is 18.3 Å². The average molecular weight is 384 g/mol. The lowest BCUT2D eigenvalue weighted by Crippen LogP contribution is -2.35. The SMILES string of the molecule is O=C(CN(Cc1ccccc1C(F)(F)F)C1CC1)Nc1ccc(Cl)cn1. The molecular weight excluding hydrogens is 367 g/mol. The molecule has 1 heterocycles. The molecule has 1 saturated carbocycles. The highest BCUT2D eigenvalue weighted by atomic mass is 35.5. The van der Waals surface area contributed by atoms with E-state index < -0.39 is 11.7 Å². The van der Waals surface area contributed by atoms with Crippen LogP contribution in [0.1, 0.15) is 24.0 Å². The minimum absolute atomic E-state index is 0.00116. The highest BCUT2D eigenvalue weighted by Gasteiger charge is 2.35. The highest BCUT2D eigenvalue weighted by Crippen LogP contribution is 2.34. The Bertz CT molecular complexity index is 776. The second-order valence-corrected chi connectivity index (χ2v) is 6.64. The van der Waals surface area contributed by atoms with Crippen LogP contribution < -0.4 is 5.32 Å². The van der Waals surface area contributed by atoms with Crippen molar-refractivity contribution in [1.82, 2.24) is 9.88 Å². The van der Waals surface area contributed by atoms with Crippen molar-refractivity contribution in [2.75, 3.05) is 11.9 Å². The van der Waals surface area contributed by atoms with Crippen molar-refractivity contribution in [2.24, 2.45) is 0 Å². The molecule has 0 spiro atoms. The fraction of sp³-hybridized carbons (Fsp3) is 0.333. The predicted molar refractivity (Wildman–Crippen MR) is 92.8 cm³/mol. The first-order valence-corrected chi connectivity index (χ1v) is 8.51. The van der Waals surface area contributed by atoms with Gasteiger partial charge < -0.3 is 5.32 Å². The van der Waals surface area contributed by atoms with E-state index in [-0.39, 0.29) is 30.6 Å². The molecule has 1 aromatic carbocycles. The molecule has 0 atom stereocenters. The number of amides is 1. The third-order valence-corrected chi connectivity index (χ3v) is 4.32. The number of carbonyl (C=O) groups is 1. The van der Waals surface area contributed by atoms with E-state index in [2.05, 4.69) is 10.3 Å². The first kappa shape index (κ1) is 18.7. The van der Waals surface area contributed by atoms with Gasteiger partial charge in [0, 0.05) is 18.8 Å². The molecule has 0 unspecified atom stereocenters. The average Bonchev–Trinajstić information content (AvgIpc) is 3.41. The number of benzene rings is 1. The number of hydrogen-bond donors (Lipinski definition) is 1. The molecule has 26 heavy (non-hydrogen) atoms. The van der Waals surface area contributed by atoms with Crippen LogP contribution in [0.15, 0.2) is 42.6 Å². The van der Waals surface area contributed by atoms with Crippen LogP contribution in [0.2, 0.25) is 5.02 Å². The van der Waals surface area contributed by atoms with Gasteiger partial charge in [-0.15, -0.1) is 0 Å². The number of alkyl halides is 3. The first-order chi connectivity index (χ1) is 12.3. The normalized spacial score (nSPS) is 14.5. The second kappa shape index (κ2) is 7.63. The Morgan fingerprint density at radius 1 is 1.23 bits per heavy atom.